The van der Waals surface area contributed by atoms with Gasteiger partial charge in [0.15, 0.2) is 0 Å². The van der Waals surface area contributed by atoms with Gasteiger partial charge < -0.3 is 9.64 Å². The number of rotatable bonds is 3. The highest BCUT2D eigenvalue weighted by Gasteiger charge is 2.33. The van der Waals surface area contributed by atoms with Crippen molar-refractivity contribution >= 4 is 5.91 Å². The van der Waals surface area contributed by atoms with Crippen LogP contribution in [0.1, 0.15) is 32.8 Å². The van der Waals surface area contributed by atoms with Crippen molar-refractivity contribution in [2.75, 3.05) is 13.2 Å². The summed E-state index contributed by atoms with van der Waals surface area (Å²) in [5, 5.41) is 0. The van der Waals surface area contributed by atoms with Gasteiger partial charge in [0.25, 0.3) is 0 Å². The Kier molecular flexibility index (Phi) is 4.43. The lowest BCUT2D eigenvalue weighted by Gasteiger charge is -2.37. The van der Waals surface area contributed by atoms with Gasteiger partial charge >= 0.3 is 0 Å². The van der Waals surface area contributed by atoms with Crippen molar-refractivity contribution in [3.8, 4) is 0 Å². The number of halogens is 1. The van der Waals surface area contributed by atoms with E-state index in [1.54, 1.807) is 12.1 Å². The molecule has 4 heteroatoms. The Morgan fingerprint density at radius 1 is 1.35 bits per heavy atom. The summed E-state index contributed by atoms with van der Waals surface area (Å²) in [6.45, 7) is 7.72. The largest absolute Gasteiger partial charge is 0.381 e. The molecule has 0 aliphatic carbocycles. The van der Waals surface area contributed by atoms with Crippen molar-refractivity contribution in [1.29, 1.82) is 0 Å². The van der Waals surface area contributed by atoms with E-state index in [2.05, 4.69) is 0 Å². The summed E-state index contributed by atoms with van der Waals surface area (Å²) < 4.78 is 18.3. The molecule has 20 heavy (non-hydrogen) atoms. The lowest BCUT2D eigenvalue weighted by molar-refractivity contribution is -0.141. The molecule has 0 N–H and O–H groups in total. The molecule has 1 aliphatic rings. The second-order valence-corrected chi connectivity index (χ2v) is 6.28. The highest BCUT2D eigenvalue weighted by Crippen LogP contribution is 2.24. The Morgan fingerprint density at radius 3 is 2.50 bits per heavy atom. The molecule has 1 amide bonds. The molecule has 1 heterocycles. The van der Waals surface area contributed by atoms with E-state index < -0.39 is 0 Å². The Labute approximate surface area is 119 Å². The van der Waals surface area contributed by atoms with Crippen LogP contribution >= 0.6 is 0 Å². The fourth-order valence-corrected chi connectivity index (χ4v) is 2.37. The average molecular weight is 279 g/mol. The van der Waals surface area contributed by atoms with Crippen LogP contribution in [0.3, 0.4) is 0 Å². The van der Waals surface area contributed by atoms with Crippen LogP contribution in [0.25, 0.3) is 0 Å². The molecule has 0 saturated carbocycles. The molecule has 0 unspecified atom stereocenters. The zero-order chi connectivity index (χ0) is 14.8. The van der Waals surface area contributed by atoms with Crippen molar-refractivity contribution in [2.24, 2.45) is 5.92 Å². The van der Waals surface area contributed by atoms with Crippen LogP contribution in [0, 0.1) is 11.7 Å². The topological polar surface area (TPSA) is 29.5 Å². The molecule has 0 aromatic heterocycles. The van der Waals surface area contributed by atoms with Crippen molar-refractivity contribution in [3.05, 3.63) is 35.6 Å². The number of carbonyl (C=O) groups is 1. The lowest BCUT2D eigenvalue weighted by atomic mass is 9.99. The normalized spacial score (nSPS) is 19.1. The fraction of sp³-hybridized carbons (Fsp3) is 0.562. The van der Waals surface area contributed by atoms with Crippen molar-refractivity contribution < 1.29 is 13.9 Å². The first-order valence-electron chi connectivity index (χ1n) is 7.01. The van der Waals surface area contributed by atoms with Crippen LogP contribution in [0.4, 0.5) is 4.39 Å². The summed E-state index contributed by atoms with van der Waals surface area (Å²) in [5.41, 5.74) is 0.669. The minimum atomic E-state index is -0.270. The second-order valence-electron chi connectivity index (χ2n) is 6.28. The summed E-state index contributed by atoms with van der Waals surface area (Å²) in [5.74, 6) is -0.180. The first-order valence-corrected chi connectivity index (χ1v) is 7.01. The van der Waals surface area contributed by atoms with Gasteiger partial charge in [-0.25, -0.2) is 4.39 Å². The molecule has 2 rings (SSSR count). The summed E-state index contributed by atoms with van der Waals surface area (Å²) in [4.78, 5) is 14.5. The van der Waals surface area contributed by atoms with Gasteiger partial charge in [-0.3, -0.25) is 4.79 Å². The van der Waals surface area contributed by atoms with E-state index in [4.69, 9.17) is 4.74 Å². The van der Waals surface area contributed by atoms with Crippen LogP contribution in [-0.2, 0) is 16.1 Å². The molecule has 0 spiro atoms. The Balaban J connectivity index is 2.15. The molecule has 0 radical (unpaired) electrons. The smallest absolute Gasteiger partial charge is 0.228 e. The van der Waals surface area contributed by atoms with Crippen molar-refractivity contribution in [1.82, 2.24) is 4.90 Å². The van der Waals surface area contributed by atoms with Gasteiger partial charge in [-0.15, -0.1) is 0 Å². The van der Waals surface area contributed by atoms with Crippen LogP contribution in [0.5, 0.6) is 0 Å². The molecular weight excluding hydrogens is 257 g/mol. The number of hydrogen-bond acceptors (Lipinski definition) is 2. The molecule has 1 atom stereocenters. The van der Waals surface area contributed by atoms with Gasteiger partial charge in [0.1, 0.15) is 5.82 Å². The highest BCUT2D eigenvalue weighted by molar-refractivity contribution is 5.80. The number of hydrogen-bond donors (Lipinski definition) is 0. The summed E-state index contributed by atoms with van der Waals surface area (Å²) >= 11 is 0. The minimum absolute atomic E-state index is 0.0466. The maximum absolute atomic E-state index is 13.0. The summed E-state index contributed by atoms with van der Waals surface area (Å²) in [6, 6.07) is 6.32. The molecular formula is C16H22FNO2. The predicted molar refractivity (Wildman–Crippen MR) is 75.6 cm³/mol. The predicted octanol–water partition coefficient (Wildman–Crippen LogP) is 2.99. The van der Waals surface area contributed by atoms with Gasteiger partial charge in [0.05, 0.1) is 12.5 Å². The zero-order valence-corrected chi connectivity index (χ0v) is 12.4. The minimum Gasteiger partial charge on any atom is -0.381 e. The molecule has 1 fully saturated rings. The van der Waals surface area contributed by atoms with Gasteiger partial charge in [-0.2, -0.15) is 0 Å². The first-order chi connectivity index (χ1) is 9.38. The SMILES string of the molecule is CC(C)(C)N(Cc1ccc(F)cc1)C(=O)[C@@H]1CCOC1. The first kappa shape index (κ1) is 15.0. The molecule has 1 aromatic carbocycles. The third-order valence-electron chi connectivity index (χ3n) is 3.61. The van der Waals surface area contributed by atoms with Gasteiger partial charge in [0.2, 0.25) is 5.91 Å². The van der Waals surface area contributed by atoms with Crippen LogP contribution < -0.4 is 0 Å². The maximum Gasteiger partial charge on any atom is 0.228 e. The Morgan fingerprint density at radius 2 is 2.00 bits per heavy atom. The van der Waals surface area contributed by atoms with E-state index in [1.807, 2.05) is 25.7 Å². The number of benzene rings is 1. The van der Waals surface area contributed by atoms with E-state index in [1.165, 1.54) is 12.1 Å². The number of amides is 1. The number of carbonyl (C=O) groups excluding carboxylic acids is 1. The van der Waals surface area contributed by atoms with E-state index in [0.29, 0.717) is 19.8 Å². The van der Waals surface area contributed by atoms with Crippen LogP contribution in [-0.4, -0.2) is 29.6 Å². The number of ether oxygens (including phenoxy) is 1. The fourth-order valence-electron chi connectivity index (χ4n) is 2.37. The maximum atomic E-state index is 13.0. The summed E-state index contributed by atoms with van der Waals surface area (Å²) in [6.07, 6.45) is 0.787. The van der Waals surface area contributed by atoms with Gasteiger partial charge in [-0.05, 0) is 44.9 Å². The Hall–Kier alpha value is -1.42. The molecule has 1 aliphatic heterocycles. The third-order valence-corrected chi connectivity index (χ3v) is 3.61. The number of nitrogens with zero attached hydrogens (tertiary/aromatic N) is 1. The van der Waals surface area contributed by atoms with Crippen molar-refractivity contribution in [2.45, 2.75) is 39.3 Å². The molecule has 0 bridgehead atoms. The van der Waals surface area contributed by atoms with E-state index in [9.17, 15) is 9.18 Å². The monoisotopic (exact) mass is 279 g/mol. The van der Waals surface area contributed by atoms with Crippen LogP contribution in [0.2, 0.25) is 0 Å². The van der Waals surface area contributed by atoms with Gasteiger partial charge in [-0.1, -0.05) is 12.1 Å². The molecule has 1 aromatic rings. The quantitative estimate of drug-likeness (QED) is 0.851. The van der Waals surface area contributed by atoms with Gasteiger partial charge in [0, 0.05) is 18.7 Å². The average Bonchev–Trinajstić information content (AvgIpc) is 2.89. The molecule has 1 saturated heterocycles. The van der Waals surface area contributed by atoms with Crippen molar-refractivity contribution in [3.63, 3.8) is 0 Å². The van der Waals surface area contributed by atoms with E-state index >= 15 is 0 Å². The second kappa shape index (κ2) is 5.92. The Bertz CT molecular complexity index is 458. The highest BCUT2D eigenvalue weighted by atomic mass is 19.1. The van der Waals surface area contributed by atoms with Crippen LogP contribution in [0.15, 0.2) is 24.3 Å². The van der Waals surface area contributed by atoms with E-state index in [-0.39, 0.29) is 23.2 Å². The zero-order valence-electron chi connectivity index (χ0n) is 12.4. The molecule has 110 valence electrons. The molecule has 3 nitrogen and oxygen atoms in total. The standard InChI is InChI=1S/C16H22FNO2/c1-16(2,3)18(15(19)13-8-9-20-11-13)10-12-4-6-14(17)7-5-12/h4-7,13H,8-11H2,1-3H3/t13-/m1/s1. The van der Waals surface area contributed by atoms with E-state index in [0.717, 1.165) is 12.0 Å². The lowest BCUT2D eigenvalue weighted by Crippen LogP contribution is -2.47. The third kappa shape index (κ3) is 3.57. The summed E-state index contributed by atoms with van der Waals surface area (Å²) in [7, 11) is 0.